The van der Waals surface area contributed by atoms with Crippen molar-refractivity contribution in [3.8, 4) is 0 Å². The molecule has 1 aromatic rings. The minimum atomic E-state index is -3.16. The third kappa shape index (κ3) is 5.35. The Balaban J connectivity index is 1.76. The van der Waals surface area contributed by atoms with Crippen molar-refractivity contribution in [3.05, 3.63) is 22.4 Å². The third-order valence-corrected chi connectivity index (χ3v) is 5.49. The summed E-state index contributed by atoms with van der Waals surface area (Å²) in [5, 5.41) is 4.94. The van der Waals surface area contributed by atoms with Crippen LogP contribution in [-0.2, 0) is 21.4 Å². The first kappa shape index (κ1) is 17.4. The summed E-state index contributed by atoms with van der Waals surface area (Å²) in [7, 11) is -3.16. The van der Waals surface area contributed by atoms with E-state index in [1.807, 2.05) is 24.4 Å². The molecule has 2 N–H and O–H groups in total. The molecule has 0 aliphatic carbocycles. The number of carbonyl (C=O) groups excluding carboxylic acids is 1. The van der Waals surface area contributed by atoms with Crippen LogP contribution in [0.4, 0.5) is 0 Å². The predicted octanol–water partition coefficient (Wildman–Crippen LogP) is 0.766. The molecule has 1 unspecified atom stereocenters. The quantitative estimate of drug-likeness (QED) is 0.798. The lowest BCUT2D eigenvalue weighted by atomic mass is 10.0. The normalized spacial score (nSPS) is 19.0. The van der Waals surface area contributed by atoms with Crippen molar-refractivity contribution in [2.45, 2.75) is 38.4 Å². The van der Waals surface area contributed by atoms with Crippen LogP contribution in [0, 0.1) is 0 Å². The van der Waals surface area contributed by atoms with E-state index in [9.17, 15) is 13.2 Å². The van der Waals surface area contributed by atoms with Gasteiger partial charge < -0.3 is 5.32 Å². The molecule has 1 aliphatic heterocycles. The number of rotatable bonds is 6. The van der Waals surface area contributed by atoms with Crippen LogP contribution in [0.2, 0.25) is 0 Å². The van der Waals surface area contributed by atoms with Crippen LogP contribution >= 0.6 is 11.3 Å². The number of thiophene rings is 1. The van der Waals surface area contributed by atoms with E-state index in [2.05, 4.69) is 14.9 Å². The van der Waals surface area contributed by atoms with Crippen molar-refractivity contribution in [1.29, 1.82) is 0 Å². The second-order valence-corrected chi connectivity index (χ2v) is 8.49. The lowest BCUT2D eigenvalue weighted by Gasteiger charge is -2.35. The second kappa shape index (κ2) is 7.54. The summed E-state index contributed by atoms with van der Waals surface area (Å²) in [6.07, 6.45) is 2.64. The van der Waals surface area contributed by atoms with Crippen molar-refractivity contribution in [2.24, 2.45) is 0 Å². The first-order valence-electron chi connectivity index (χ1n) is 7.36. The summed E-state index contributed by atoms with van der Waals surface area (Å²) in [5.74, 6) is 0.0166. The average Bonchev–Trinajstić information content (AvgIpc) is 2.96. The van der Waals surface area contributed by atoms with E-state index < -0.39 is 10.0 Å². The van der Waals surface area contributed by atoms with Crippen LogP contribution in [0.25, 0.3) is 0 Å². The van der Waals surface area contributed by atoms with E-state index in [0.29, 0.717) is 6.54 Å². The standard InChI is InChI=1S/C14H23N3O3S2/c1-11(14(18)15-10-13-4-3-9-21-13)17-7-5-12(6-8-17)16-22(2,19)20/h3-4,9,11-12,16H,5-8,10H2,1-2H3,(H,15,18). The zero-order chi connectivity index (χ0) is 16.2. The number of carbonyl (C=O) groups is 1. The van der Waals surface area contributed by atoms with Gasteiger partial charge in [0.05, 0.1) is 18.8 Å². The molecule has 124 valence electrons. The summed E-state index contributed by atoms with van der Waals surface area (Å²) in [5.41, 5.74) is 0. The minimum Gasteiger partial charge on any atom is -0.350 e. The Bertz CT molecular complexity index is 578. The van der Waals surface area contributed by atoms with Crippen LogP contribution in [0.1, 0.15) is 24.6 Å². The van der Waals surface area contributed by atoms with Gasteiger partial charge in [0, 0.05) is 24.0 Å². The summed E-state index contributed by atoms with van der Waals surface area (Å²) < 4.78 is 25.1. The maximum atomic E-state index is 12.2. The number of hydrogen-bond acceptors (Lipinski definition) is 5. The van der Waals surface area contributed by atoms with Crippen LogP contribution in [-0.4, -0.2) is 50.7 Å². The van der Waals surface area contributed by atoms with Gasteiger partial charge >= 0.3 is 0 Å². The number of hydrogen-bond donors (Lipinski definition) is 2. The molecule has 1 atom stereocenters. The molecule has 1 aliphatic rings. The zero-order valence-corrected chi connectivity index (χ0v) is 14.5. The van der Waals surface area contributed by atoms with Crippen molar-refractivity contribution in [1.82, 2.24) is 14.9 Å². The first-order valence-corrected chi connectivity index (χ1v) is 10.1. The van der Waals surface area contributed by atoms with Crippen LogP contribution in [0.15, 0.2) is 17.5 Å². The second-order valence-electron chi connectivity index (χ2n) is 5.67. The van der Waals surface area contributed by atoms with E-state index in [0.717, 1.165) is 30.8 Å². The van der Waals surface area contributed by atoms with Crippen LogP contribution in [0.5, 0.6) is 0 Å². The topological polar surface area (TPSA) is 78.5 Å². The molecular formula is C14H23N3O3S2. The molecular weight excluding hydrogens is 322 g/mol. The SMILES string of the molecule is CC(C(=O)NCc1cccs1)N1CCC(NS(C)(=O)=O)CC1. The van der Waals surface area contributed by atoms with Gasteiger partial charge in [0.2, 0.25) is 15.9 Å². The first-order chi connectivity index (χ1) is 10.3. The van der Waals surface area contributed by atoms with E-state index in [1.54, 1.807) is 11.3 Å². The van der Waals surface area contributed by atoms with Crippen molar-refractivity contribution < 1.29 is 13.2 Å². The molecule has 8 heteroatoms. The van der Waals surface area contributed by atoms with Crippen LogP contribution < -0.4 is 10.0 Å². The van der Waals surface area contributed by atoms with Crippen molar-refractivity contribution >= 4 is 27.3 Å². The number of amides is 1. The summed E-state index contributed by atoms with van der Waals surface area (Å²) in [6.45, 7) is 3.91. The predicted molar refractivity (Wildman–Crippen MR) is 88.2 cm³/mol. The molecule has 2 rings (SSSR count). The Morgan fingerprint density at radius 3 is 2.68 bits per heavy atom. The molecule has 6 nitrogen and oxygen atoms in total. The highest BCUT2D eigenvalue weighted by atomic mass is 32.2. The lowest BCUT2D eigenvalue weighted by molar-refractivity contribution is -0.126. The number of likely N-dealkylation sites (tertiary alicyclic amines) is 1. The Morgan fingerprint density at radius 1 is 1.45 bits per heavy atom. The molecule has 0 saturated carbocycles. The molecule has 0 aromatic carbocycles. The Kier molecular flexibility index (Phi) is 5.96. The maximum absolute atomic E-state index is 12.2. The lowest BCUT2D eigenvalue weighted by Crippen LogP contribution is -2.51. The van der Waals surface area contributed by atoms with Gasteiger partial charge in [0.25, 0.3) is 0 Å². The molecule has 0 spiro atoms. The number of nitrogens with one attached hydrogen (secondary N) is 2. The monoisotopic (exact) mass is 345 g/mol. The van der Waals surface area contributed by atoms with Gasteiger partial charge in [0.1, 0.15) is 0 Å². The zero-order valence-electron chi connectivity index (χ0n) is 12.9. The van der Waals surface area contributed by atoms with E-state index >= 15 is 0 Å². The van der Waals surface area contributed by atoms with Gasteiger partial charge in [-0.3, -0.25) is 9.69 Å². The molecule has 1 fully saturated rings. The van der Waals surface area contributed by atoms with Gasteiger partial charge in [0.15, 0.2) is 0 Å². The van der Waals surface area contributed by atoms with Crippen LogP contribution in [0.3, 0.4) is 0 Å². The minimum absolute atomic E-state index is 0.0166. The highest BCUT2D eigenvalue weighted by Gasteiger charge is 2.27. The number of piperidine rings is 1. The Labute approximate surface area is 135 Å². The smallest absolute Gasteiger partial charge is 0.237 e. The Morgan fingerprint density at radius 2 is 2.14 bits per heavy atom. The van der Waals surface area contributed by atoms with Gasteiger partial charge in [-0.15, -0.1) is 11.3 Å². The molecule has 0 bridgehead atoms. The van der Waals surface area contributed by atoms with Gasteiger partial charge in [-0.25, -0.2) is 13.1 Å². The average molecular weight is 345 g/mol. The molecule has 22 heavy (non-hydrogen) atoms. The third-order valence-electron chi connectivity index (χ3n) is 3.85. The summed E-state index contributed by atoms with van der Waals surface area (Å²) >= 11 is 1.62. The fourth-order valence-corrected chi connectivity index (χ4v) is 4.09. The van der Waals surface area contributed by atoms with E-state index in [-0.39, 0.29) is 18.0 Å². The van der Waals surface area contributed by atoms with Gasteiger partial charge in [-0.1, -0.05) is 6.07 Å². The molecule has 0 radical (unpaired) electrons. The number of sulfonamides is 1. The fraction of sp³-hybridized carbons (Fsp3) is 0.643. The molecule has 1 amide bonds. The fourth-order valence-electron chi connectivity index (χ4n) is 2.61. The summed E-state index contributed by atoms with van der Waals surface area (Å²) in [4.78, 5) is 15.4. The highest BCUT2D eigenvalue weighted by molar-refractivity contribution is 7.88. The Hall–Kier alpha value is -0.960. The van der Waals surface area contributed by atoms with E-state index in [4.69, 9.17) is 0 Å². The van der Waals surface area contributed by atoms with E-state index in [1.165, 1.54) is 6.26 Å². The molecule has 1 saturated heterocycles. The van der Waals surface area contributed by atoms with Gasteiger partial charge in [-0.05, 0) is 31.2 Å². The van der Waals surface area contributed by atoms with Crippen molar-refractivity contribution in [3.63, 3.8) is 0 Å². The molecule has 1 aromatic heterocycles. The summed E-state index contributed by atoms with van der Waals surface area (Å²) in [6, 6.07) is 3.75. The largest absolute Gasteiger partial charge is 0.350 e. The van der Waals surface area contributed by atoms with Gasteiger partial charge in [-0.2, -0.15) is 0 Å². The maximum Gasteiger partial charge on any atom is 0.237 e. The highest BCUT2D eigenvalue weighted by Crippen LogP contribution is 2.14. The number of nitrogens with zero attached hydrogens (tertiary/aromatic N) is 1. The van der Waals surface area contributed by atoms with Crippen molar-refractivity contribution in [2.75, 3.05) is 19.3 Å². The molecule has 2 heterocycles.